The Hall–Kier alpha value is -2.58. The number of hydrogen-bond donors (Lipinski definition) is 1. The number of nitrogens with one attached hydrogen (secondary N) is 1. The van der Waals surface area contributed by atoms with Gasteiger partial charge in [0, 0.05) is 21.6 Å². The molecule has 1 aliphatic rings. The van der Waals surface area contributed by atoms with Crippen LogP contribution in [0.3, 0.4) is 0 Å². The number of likely N-dealkylation sites (tertiary alicyclic amines) is 1. The maximum absolute atomic E-state index is 13.3. The summed E-state index contributed by atoms with van der Waals surface area (Å²) >= 11 is 3.41. The molecule has 1 amide bonds. The minimum absolute atomic E-state index is 0.0643. The standard InChI is InChI=1S/C21H20BrFN4O2/c22-16-6-4-14(5-7-16)20-25-19(29-26-20)13-27-10-8-15(9-11-27)21(28)24-18-3-1-2-17(23)12-18/h1-7,12,15H,8-11,13H2,(H,24,28). The van der Waals surface area contributed by atoms with E-state index in [1.54, 1.807) is 12.1 Å². The lowest BCUT2D eigenvalue weighted by molar-refractivity contribution is -0.121. The van der Waals surface area contributed by atoms with Crippen LogP contribution in [-0.2, 0) is 11.3 Å². The zero-order valence-corrected chi connectivity index (χ0v) is 17.2. The van der Waals surface area contributed by atoms with Gasteiger partial charge in [-0.05, 0) is 68.4 Å². The fourth-order valence-electron chi connectivity index (χ4n) is 3.39. The molecule has 1 fully saturated rings. The molecule has 0 bridgehead atoms. The summed E-state index contributed by atoms with van der Waals surface area (Å²) in [6, 6.07) is 13.7. The third-order valence-electron chi connectivity index (χ3n) is 4.98. The van der Waals surface area contributed by atoms with E-state index < -0.39 is 0 Å². The van der Waals surface area contributed by atoms with Gasteiger partial charge in [-0.25, -0.2) is 4.39 Å². The fourth-order valence-corrected chi connectivity index (χ4v) is 3.65. The van der Waals surface area contributed by atoms with E-state index in [2.05, 4.69) is 36.3 Å². The second kappa shape index (κ2) is 8.84. The van der Waals surface area contributed by atoms with Crippen LogP contribution in [0.5, 0.6) is 0 Å². The van der Waals surface area contributed by atoms with E-state index >= 15 is 0 Å². The number of aromatic nitrogens is 2. The molecule has 0 unspecified atom stereocenters. The van der Waals surface area contributed by atoms with Gasteiger partial charge in [0.25, 0.3) is 0 Å². The number of benzene rings is 2. The SMILES string of the molecule is O=C(Nc1cccc(F)c1)C1CCN(Cc2nc(-c3ccc(Br)cc3)no2)CC1. The Kier molecular flexibility index (Phi) is 6.01. The van der Waals surface area contributed by atoms with Crippen LogP contribution in [0, 0.1) is 11.7 Å². The maximum atomic E-state index is 13.3. The minimum atomic E-state index is -0.361. The van der Waals surface area contributed by atoms with Crippen molar-refractivity contribution in [3.05, 3.63) is 64.7 Å². The van der Waals surface area contributed by atoms with Crippen molar-refractivity contribution in [3.8, 4) is 11.4 Å². The van der Waals surface area contributed by atoms with Crippen molar-refractivity contribution < 1.29 is 13.7 Å². The van der Waals surface area contributed by atoms with E-state index in [9.17, 15) is 9.18 Å². The molecule has 150 valence electrons. The zero-order chi connectivity index (χ0) is 20.2. The number of halogens is 2. The summed E-state index contributed by atoms with van der Waals surface area (Å²) in [5.74, 6) is 0.614. The second-order valence-corrected chi connectivity index (χ2v) is 7.98. The molecule has 1 saturated heterocycles. The number of nitrogens with zero attached hydrogens (tertiary/aromatic N) is 3. The summed E-state index contributed by atoms with van der Waals surface area (Å²) < 4.78 is 19.6. The Morgan fingerprint density at radius 2 is 1.97 bits per heavy atom. The summed E-state index contributed by atoms with van der Waals surface area (Å²) in [4.78, 5) is 19.1. The molecule has 8 heteroatoms. The van der Waals surface area contributed by atoms with Crippen molar-refractivity contribution in [1.29, 1.82) is 0 Å². The van der Waals surface area contributed by atoms with Crippen LogP contribution in [-0.4, -0.2) is 34.0 Å². The highest BCUT2D eigenvalue weighted by Gasteiger charge is 2.26. The third kappa shape index (κ3) is 5.07. The lowest BCUT2D eigenvalue weighted by Gasteiger charge is -2.30. The Bertz CT molecular complexity index is 984. The first kappa shape index (κ1) is 19.7. The molecule has 0 atom stereocenters. The summed E-state index contributed by atoms with van der Waals surface area (Å²) in [7, 11) is 0. The van der Waals surface area contributed by atoms with Crippen molar-refractivity contribution in [2.75, 3.05) is 18.4 Å². The molecule has 2 heterocycles. The highest BCUT2D eigenvalue weighted by atomic mass is 79.9. The number of carbonyl (C=O) groups is 1. The Morgan fingerprint density at radius 3 is 2.69 bits per heavy atom. The first-order chi connectivity index (χ1) is 14.1. The molecule has 0 radical (unpaired) electrons. The minimum Gasteiger partial charge on any atom is -0.338 e. The molecule has 0 aliphatic carbocycles. The number of hydrogen-bond acceptors (Lipinski definition) is 5. The molecule has 1 aromatic heterocycles. The van der Waals surface area contributed by atoms with Crippen LogP contribution in [0.15, 0.2) is 57.5 Å². The lowest BCUT2D eigenvalue weighted by Crippen LogP contribution is -2.37. The molecular weight excluding hydrogens is 439 g/mol. The molecule has 0 saturated carbocycles. The average molecular weight is 459 g/mol. The van der Waals surface area contributed by atoms with Gasteiger partial charge in [-0.3, -0.25) is 9.69 Å². The van der Waals surface area contributed by atoms with Crippen molar-refractivity contribution in [2.45, 2.75) is 19.4 Å². The van der Waals surface area contributed by atoms with Gasteiger partial charge < -0.3 is 9.84 Å². The lowest BCUT2D eigenvalue weighted by atomic mass is 9.96. The van der Waals surface area contributed by atoms with Gasteiger partial charge >= 0.3 is 0 Å². The Labute approximate surface area is 176 Å². The van der Waals surface area contributed by atoms with Crippen LogP contribution in [0.25, 0.3) is 11.4 Å². The van der Waals surface area contributed by atoms with E-state index in [1.807, 2.05) is 24.3 Å². The van der Waals surface area contributed by atoms with Gasteiger partial charge in [-0.1, -0.05) is 27.2 Å². The van der Waals surface area contributed by atoms with E-state index in [-0.39, 0.29) is 17.6 Å². The molecule has 29 heavy (non-hydrogen) atoms. The number of amides is 1. The molecule has 4 rings (SSSR count). The number of rotatable bonds is 5. The van der Waals surface area contributed by atoms with Gasteiger partial charge in [-0.15, -0.1) is 0 Å². The topological polar surface area (TPSA) is 71.3 Å². The molecule has 1 N–H and O–H groups in total. The molecule has 2 aromatic carbocycles. The molecule has 3 aromatic rings. The quantitative estimate of drug-likeness (QED) is 0.609. The monoisotopic (exact) mass is 458 g/mol. The molecular formula is C21H20BrFN4O2. The molecule has 6 nitrogen and oxygen atoms in total. The normalized spacial score (nSPS) is 15.4. The highest BCUT2D eigenvalue weighted by Crippen LogP contribution is 2.23. The van der Waals surface area contributed by atoms with Crippen molar-refractivity contribution in [3.63, 3.8) is 0 Å². The second-order valence-electron chi connectivity index (χ2n) is 7.07. The fraction of sp³-hybridized carbons (Fsp3) is 0.286. The van der Waals surface area contributed by atoms with Gasteiger partial charge in [0.05, 0.1) is 6.54 Å². The zero-order valence-electron chi connectivity index (χ0n) is 15.6. The molecule has 1 aliphatic heterocycles. The largest absolute Gasteiger partial charge is 0.338 e. The number of piperidine rings is 1. The van der Waals surface area contributed by atoms with E-state index in [1.165, 1.54) is 12.1 Å². The molecule has 0 spiro atoms. The van der Waals surface area contributed by atoms with Crippen LogP contribution in [0.4, 0.5) is 10.1 Å². The van der Waals surface area contributed by atoms with Gasteiger partial charge in [-0.2, -0.15) is 4.98 Å². The first-order valence-electron chi connectivity index (χ1n) is 9.44. The van der Waals surface area contributed by atoms with Crippen LogP contribution < -0.4 is 5.32 Å². The van der Waals surface area contributed by atoms with Gasteiger partial charge in [0.15, 0.2) is 0 Å². The van der Waals surface area contributed by atoms with Crippen LogP contribution in [0.1, 0.15) is 18.7 Å². The first-order valence-corrected chi connectivity index (χ1v) is 10.2. The highest BCUT2D eigenvalue weighted by molar-refractivity contribution is 9.10. The van der Waals surface area contributed by atoms with E-state index in [4.69, 9.17) is 4.52 Å². The van der Waals surface area contributed by atoms with Gasteiger partial charge in [0.2, 0.25) is 17.6 Å². The van der Waals surface area contributed by atoms with E-state index in [0.717, 1.165) is 36.0 Å². The van der Waals surface area contributed by atoms with Crippen LogP contribution in [0.2, 0.25) is 0 Å². The van der Waals surface area contributed by atoms with E-state index in [0.29, 0.717) is 23.9 Å². The van der Waals surface area contributed by atoms with Crippen molar-refractivity contribution >= 4 is 27.5 Å². The van der Waals surface area contributed by atoms with Gasteiger partial charge in [0.1, 0.15) is 5.82 Å². The average Bonchev–Trinajstić information content (AvgIpc) is 3.17. The number of carbonyl (C=O) groups excluding carboxylic acids is 1. The maximum Gasteiger partial charge on any atom is 0.241 e. The van der Waals surface area contributed by atoms with Crippen LogP contribution >= 0.6 is 15.9 Å². The summed E-state index contributed by atoms with van der Waals surface area (Å²) in [5, 5.41) is 6.86. The predicted octanol–water partition coefficient (Wildman–Crippen LogP) is 4.49. The summed E-state index contributed by atoms with van der Waals surface area (Å²) in [5.41, 5.74) is 1.39. The Morgan fingerprint density at radius 1 is 1.21 bits per heavy atom. The predicted molar refractivity (Wildman–Crippen MR) is 110 cm³/mol. The van der Waals surface area contributed by atoms with Crippen molar-refractivity contribution in [2.24, 2.45) is 5.92 Å². The third-order valence-corrected chi connectivity index (χ3v) is 5.51. The number of anilines is 1. The Balaban J connectivity index is 1.29. The summed E-state index contributed by atoms with van der Waals surface area (Å²) in [6.45, 7) is 2.08. The summed E-state index contributed by atoms with van der Waals surface area (Å²) in [6.07, 6.45) is 1.46. The smallest absolute Gasteiger partial charge is 0.241 e. The van der Waals surface area contributed by atoms with Crippen molar-refractivity contribution in [1.82, 2.24) is 15.0 Å².